The Morgan fingerprint density at radius 3 is 1.86 bits per heavy atom. The second-order valence-corrected chi connectivity index (χ2v) is 0.341. The Balaban J connectivity index is -0.0000000800. The van der Waals surface area contributed by atoms with Crippen molar-refractivity contribution in [2.45, 2.75) is 0 Å². The van der Waals surface area contributed by atoms with Crippen LogP contribution < -0.4 is 34.7 Å². The SMILES string of the molecule is O=C([O-])OO.[Na+].[Ni]. The summed E-state index contributed by atoms with van der Waals surface area (Å²) in [5.41, 5.74) is 0. The summed E-state index contributed by atoms with van der Waals surface area (Å²) in [4.78, 5) is 11.3. The minimum absolute atomic E-state index is 0. The maximum atomic E-state index is 8.78. The molecule has 0 aromatic heterocycles. The summed E-state index contributed by atoms with van der Waals surface area (Å²) in [5.74, 6) is 0. The van der Waals surface area contributed by atoms with Crippen LogP contribution >= 0.6 is 0 Å². The predicted octanol–water partition coefficient (Wildman–Crippen LogP) is -4.18. The zero-order chi connectivity index (χ0) is 4.28. The maximum Gasteiger partial charge on any atom is 1.00 e. The van der Waals surface area contributed by atoms with E-state index < -0.39 is 6.16 Å². The Bertz CT molecular complexity index is 47.0. The summed E-state index contributed by atoms with van der Waals surface area (Å²) in [7, 11) is 0. The van der Waals surface area contributed by atoms with Gasteiger partial charge in [-0.2, -0.15) is 0 Å². The van der Waals surface area contributed by atoms with Crippen molar-refractivity contribution >= 4 is 6.16 Å². The van der Waals surface area contributed by atoms with Crippen molar-refractivity contribution in [1.82, 2.24) is 0 Å². The van der Waals surface area contributed by atoms with Gasteiger partial charge in [0, 0.05) is 16.5 Å². The fraction of sp³-hybridized carbons (Fsp3) is 0. The molecule has 0 spiro atoms. The van der Waals surface area contributed by atoms with Crippen molar-refractivity contribution in [3.63, 3.8) is 0 Å². The van der Waals surface area contributed by atoms with E-state index in [2.05, 4.69) is 4.89 Å². The molecule has 0 aliphatic heterocycles. The zero-order valence-electron chi connectivity index (χ0n) is 3.49. The minimum atomic E-state index is -1.94. The number of rotatable bonds is 0. The van der Waals surface area contributed by atoms with Crippen LogP contribution in [0, 0.1) is 0 Å². The summed E-state index contributed by atoms with van der Waals surface area (Å²) >= 11 is 0. The first-order valence-electron chi connectivity index (χ1n) is 0.795. The van der Waals surface area contributed by atoms with Crippen LogP contribution in [0.15, 0.2) is 0 Å². The topological polar surface area (TPSA) is 69.6 Å². The number of carboxylic acid groups (broad SMARTS) is 1. The van der Waals surface area contributed by atoms with E-state index in [1.807, 2.05) is 0 Å². The van der Waals surface area contributed by atoms with E-state index in [-0.39, 0.29) is 46.0 Å². The van der Waals surface area contributed by atoms with E-state index in [1.54, 1.807) is 0 Å². The summed E-state index contributed by atoms with van der Waals surface area (Å²) in [6, 6.07) is 0. The van der Waals surface area contributed by atoms with E-state index in [4.69, 9.17) is 15.2 Å². The molecule has 0 fully saturated rings. The predicted molar refractivity (Wildman–Crippen MR) is 9.11 cm³/mol. The van der Waals surface area contributed by atoms with E-state index >= 15 is 0 Å². The Kier molecular flexibility index (Phi) is 22.1. The average Bonchev–Trinajstić information content (AvgIpc) is 1.38. The first-order chi connectivity index (χ1) is 2.27. The van der Waals surface area contributed by atoms with Gasteiger partial charge in [-0.25, -0.2) is 0 Å². The largest absolute Gasteiger partial charge is 1.00 e. The van der Waals surface area contributed by atoms with Crippen LogP contribution in [-0.4, -0.2) is 11.4 Å². The second kappa shape index (κ2) is 9.87. The summed E-state index contributed by atoms with van der Waals surface area (Å²) < 4.78 is 0. The molecule has 6 heteroatoms. The number of hydrogen-bond acceptors (Lipinski definition) is 4. The summed E-state index contributed by atoms with van der Waals surface area (Å²) in [6.45, 7) is 0. The minimum Gasteiger partial charge on any atom is -0.424 e. The average molecular weight is 159 g/mol. The third kappa shape index (κ3) is 20.2. The van der Waals surface area contributed by atoms with Crippen LogP contribution in [0.3, 0.4) is 0 Å². The molecule has 0 aromatic carbocycles. The Morgan fingerprint density at radius 1 is 1.71 bits per heavy atom. The molecule has 0 atom stereocenters. The van der Waals surface area contributed by atoms with Gasteiger partial charge < -0.3 is 14.8 Å². The Labute approximate surface area is 72.0 Å². The first-order valence-corrected chi connectivity index (χ1v) is 0.795. The smallest absolute Gasteiger partial charge is 0.424 e. The van der Waals surface area contributed by atoms with Crippen LogP contribution in [0.1, 0.15) is 0 Å². The van der Waals surface area contributed by atoms with Gasteiger partial charge in [0.1, 0.15) is 0 Å². The van der Waals surface area contributed by atoms with Gasteiger partial charge in [0.2, 0.25) is 0 Å². The molecular weight excluding hydrogens is 158 g/mol. The molecule has 0 aromatic rings. The van der Waals surface area contributed by atoms with Crippen molar-refractivity contribution in [2.75, 3.05) is 0 Å². The maximum absolute atomic E-state index is 8.78. The molecule has 0 saturated carbocycles. The molecule has 0 amide bonds. The summed E-state index contributed by atoms with van der Waals surface area (Å²) in [5, 5.41) is 15.8. The molecule has 4 nitrogen and oxygen atoms in total. The number of carbonyl (C=O) groups is 1. The van der Waals surface area contributed by atoms with Gasteiger partial charge in [0.25, 0.3) is 6.16 Å². The zero-order valence-corrected chi connectivity index (χ0v) is 6.48. The van der Waals surface area contributed by atoms with E-state index in [0.29, 0.717) is 0 Å². The molecular formula is CHNaNiO4. The molecule has 0 radical (unpaired) electrons. The number of carbonyl (C=O) groups excluding carboxylic acids is 1. The van der Waals surface area contributed by atoms with Crippen LogP contribution in [-0.2, 0) is 21.4 Å². The molecule has 0 saturated heterocycles. The van der Waals surface area contributed by atoms with Crippen molar-refractivity contribution in [2.24, 2.45) is 0 Å². The molecule has 0 bridgehead atoms. The molecule has 7 heavy (non-hydrogen) atoms. The van der Waals surface area contributed by atoms with Gasteiger partial charge in [-0.05, 0) is 0 Å². The normalized spacial score (nSPS) is 4.71. The number of hydrogen-bond donors (Lipinski definition) is 1. The molecule has 1 N–H and O–H groups in total. The second-order valence-electron chi connectivity index (χ2n) is 0.341. The Hall–Kier alpha value is 0.724. The van der Waals surface area contributed by atoms with Crippen LogP contribution in [0.5, 0.6) is 0 Å². The summed E-state index contributed by atoms with van der Waals surface area (Å²) in [6.07, 6.45) is -1.94. The van der Waals surface area contributed by atoms with Gasteiger partial charge >= 0.3 is 29.6 Å². The van der Waals surface area contributed by atoms with Gasteiger partial charge in [0.15, 0.2) is 0 Å². The van der Waals surface area contributed by atoms with Gasteiger partial charge in [-0.3, -0.25) is 5.26 Å². The molecule has 0 aliphatic carbocycles. The van der Waals surface area contributed by atoms with Crippen molar-refractivity contribution in [3.05, 3.63) is 0 Å². The van der Waals surface area contributed by atoms with Gasteiger partial charge in [0.05, 0.1) is 0 Å². The fourth-order valence-electron chi connectivity index (χ4n) is 0. The van der Waals surface area contributed by atoms with Gasteiger partial charge in [-0.1, -0.05) is 0 Å². The van der Waals surface area contributed by atoms with Crippen molar-refractivity contribution in [1.29, 1.82) is 0 Å². The molecule has 0 aliphatic rings. The van der Waals surface area contributed by atoms with Crippen LogP contribution in [0.2, 0.25) is 0 Å². The monoisotopic (exact) mass is 158 g/mol. The van der Waals surface area contributed by atoms with Crippen LogP contribution in [0.4, 0.5) is 4.79 Å². The van der Waals surface area contributed by atoms with Gasteiger partial charge in [-0.15, -0.1) is 0 Å². The fourth-order valence-corrected chi connectivity index (χ4v) is 0. The van der Waals surface area contributed by atoms with E-state index in [0.717, 1.165) is 0 Å². The van der Waals surface area contributed by atoms with Crippen molar-refractivity contribution in [3.8, 4) is 0 Å². The van der Waals surface area contributed by atoms with Crippen LogP contribution in [0.25, 0.3) is 0 Å². The first kappa shape index (κ1) is 15.6. The van der Waals surface area contributed by atoms with Crippen molar-refractivity contribution < 1.29 is 66.1 Å². The third-order valence-corrected chi connectivity index (χ3v) is 0.0745. The molecule has 0 unspecified atom stereocenters. The van der Waals surface area contributed by atoms with E-state index in [9.17, 15) is 0 Å². The Morgan fingerprint density at radius 2 is 1.86 bits per heavy atom. The third-order valence-electron chi connectivity index (χ3n) is 0.0745. The molecule has 0 rings (SSSR count). The molecule has 0 heterocycles. The quantitative estimate of drug-likeness (QED) is 0.221. The standard InChI is InChI=1S/CH2O4.Na.Ni/c2-1(3)5-4;;/h4H,(H,2,3);;/q;+1;/p-1. The molecule has 40 valence electrons. The van der Waals surface area contributed by atoms with E-state index in [1.165, 1.54) is 0 Å².